The molecule has 1 aromatic heterocycles. The van der Waals surface area contributed by atoms with Gasteiger partial charge in [-0.3, -0.25) is 0 Å². The summed E-state index contributed by atoms with van der Waals surface area (Å²) in [5.74, 6) is 1.13. The van der Waals surface area contributed by atoms with Crippen molar-refractivity contribution in [2.75, 3.05) is 0 Å². The Hall–Kier alpha value is -2.56. The minimum Gasteiger partial charge on any atom is -0.334 e. The summed E-state index contributed by atoms with van der Waals surface area (Å²) in [6.07, 6.45) is 1.17. The lowest BCUT2D eigenvalue weighted by atomic mass is 9.98. The summed E-state index contributed by atoms with van der Waals surface area (Å²) in [7, 11) is 0. The Bertz CT molecular complexity index is 913. The number of benzene rings is 2. The number of aryl methyl sites for hydroxylation is 3. The number of aromatic nitrogens is 2. The molecule has 5 heteroatoms. The molecule has 0 unspecified atom stereocenters. The fourth-order valence-corrected chi connectivity index (χ4v) is 3.55. The van der Waals surface area contributed by atoms with Gasteiger partial charge in [0.15, 0.2) is 0 Å². The van der Waals surface area contributed by atoms with Crippen LogP contribution in [-0.2, 0) is 19.1 Å². The van der Waals surface area contributed by atoms with Gasteiger partial charge in [-0.2, -0.15) is 13.2 Å². The van der Waals surface area contributed by atoms with Crippen LogP contribution in [0.3, 0.4) is 0 Å². The van der Waals surface area contributed by atoms with Crippen molar-refractivity contribution in [2.45, 2.75) is 38.9 Å². The predicted molar refractivity (Wildman–Crippen MR) is 95.8 cm³/mol. The Morgan fingerprint density at radius 1 is 0.923 bits per heavy atom. The van der Waals surface area contributed by atoms with Crippen LogP contribution in [0.4, 0.5) is 13.2 Å². The first-order valence-electron chi connectivity index (χ1n) is 8.76. The lowest BCUT2D eigenvalue weighted by Crippen LogP contribution is -2.08. The Kier molecular flexibility index (Phi) is 4.10. The maximum Gasteiger partial charge on any atom is 0.416 e. The summed E-state index contributed by atoms with van der Waals surface area (Å²) < 4.78 is 41.0. The van der Waals surface area contributed by atoms with Crippen LogP contribution >= 0.6 is 0 Å². The highest BCUT2D eigenvalue weighted by atomic mass is 19.4. The molecule has 0 N–H and O–H groups in total. The van der Waals surface area contributed by atoms with Gasteiger partial charge >= 0.3 is 6.18 Å². The van der Waals surface area contributed by atoms with Gasteiger partial charge in [0.05, 0.1) is 11.3 Å². The third-order valence-corrected chi connectivity index (χ3v) is 4.95. The van der Waals surface area contributed by atoms with Gasteiger partial charge in [-0.25, -0.2) is 4.98 Å². The van der Waals surface area contributed by atoms with Crippen LogP contribution in [-0.4, -0.2) is 9.55 Å². The summed E-state index contributed by atoms with van der Waals surface area (Å²) in [6, 6.07) is 12.1. The summed E-state index contributed by atoms with van der Waals surface area (Å²) >= 11 is 0. The van der Waals surface area contributed by atoms with E-state index in [1.54, 1.807) is 6.07 Å². The van der Waals surface area contributed by atoms with Crippen molar-refractivity contribution in [2.24, 2.45) is 0 Å². The van der Waals surface area contributed by atoms with Crippen molar-refractivity contribution >= 4 is 0 Å². The molecule has 0 saturated carbocycles. The lowest BCUT2D eigenvalue weighted by Gasteiger charge is -2.12. The zero-order valence-electron chi connectivity index (χ0n) is 14.5. The van der Waals surface area contributed by atoms with Crippen molar-refractivity contribution in [3.8, 4) is 22.4 Å². The van der Waals surface area contributed by atoms with Crippen molar-refractivity contribution in [3.63, 3.8) is 0 Å². The number of nitrogens with zero attached hydrogens (tertiary/aromatic N) is 2. The molecular formula is C21H19F3N2. The zero-order chi connectivity index (χ0) is 18.3. The molecule has 26 heavy (non-hydrogen) atoms. The van der Waals surface area contributed by atoms with E-state index in [1.807, 2.05) is 24.3 Å². The highest BCUT2D eigenvalue weighted by Crippen LogP contribution is 2.34. The standard InChI is InChI=1S/C21H19F3N2/c1-14-12-17(9-10-18(14)21(22,23)24)15-5-7-16(8-6-15)19-13-26-11-3-2-4-20(26)25-19/h5-10,12-13H,2-4,11H2,1H3. The Morgan fingerprint density at radius 3 is 2.27 bits per heavy atom. The Balaban J connectivity index is 1.62. The third kappa shape index (κ3) is 3.14. The van der Waals surface area contributed by atoms with Gasteiger partial charge in [0, 0.05) is 24.7 Å². The maximum atomic E-state index is 12.9. The molecule has 2 heterocycles. The quantitative estimate of drug-likeness (QED) is 0.560. The molecule has 1 aliphatic rings. The largest absolute Gasteiger partial charge is 0.416 e. The predicted octanol–water partition coefficient (Wildman–Crippen LogP) is 5.88. The molecule has 0 amide bonds. The van der Waals surface area contributed by atoms with Gasteiger partial charge in [-0.05, 0) is 42.5 Å². The molecule has 2 nitrogen and oxygen atoms in total. The average Bonchev–Trinajstić information content (AvgIpc) is 3.05. The first-order chi connectivity index (χ1) is 12.4. The van der Waals surface area contributed by atoms with E-state index in [0.29, 0.717) is 0 Å². The van der Waals surface area contributed by atoms with Gasteiger partial charge in [-0.15, -0.1) is 0 Å². The molecule has 0 radical (unpaired) electrons. The molecule has 0 fully saturated rings. The monoisotopic (exact) mass is 356 g/mol. The van der Waals surface area contributed by atoms with Crippen molar-refractivity contribution in [1.82, 2.24) is 9.55 Å². The molecule has 0 aliphatic carbocycles. The van der Waals surface area contributed by atoms with Gasteiger partial charge in [-0.1, -0.05) is 36.4 Å². The number of imidazole rings is 1. The SMILES string of the molecule is Cc1cc(-c2ccc(-c3cn4c(n3)CCCC4)cc2)ccc1C(F)(F)F. The lowest BCUT2D eigenvalue weighted by molar-refractivity contribution is -0.138. The molecule has 2 aromatic carbocycles. The first-order valence-corrected chi connectivity index (χ1v) is 8.76. The summed E-state index contributed by atoms with van der Waals surface area (Å²) in [6.45, 7) is 2.52. The fourth-order valence-electron chi connectivity index (χ4n) is 3.55. The number of hydrogen-bond acceptors (Lipinski definition) is 1. The van der Waals surface area contributed by atoms with Crippen LogP contribution in [0.25, 0.3) is 22.4 Å². The molecule has 0 saturated heterocycles. The molecule has 134 valence electrons. The average molecular weight is 356 g/mol. The van der Waals surface area contributed by atoms with Crippen LogP contribution in [0.15, 0.2) is 48.7 Å². The molecule has 0 spiro atoms. The molecule has 3 aromatic rings. The van der Waals surface area contributed by atoms with Gasteiger partial charge in [0.25, 0.3) is 0 Å². The van der Waals surface area contributed by atoms with Crippen LogP contribution in [0, 0.1) is 6.92 Å². The normalized spacial score (nSPS) is 14.3. The molecule has 0 bridgehead atoms. The minimum absolute atomic E-state index is 0.237. The fraction of sp³-hybridized carbons (Fsp3) is 0.286. The van der Waals surface area contributed by atoms with Gasteiger partial charge in [0.1, 0.15) is 5.82 Å². The summed E-state index contributed by atoms with van der Waals surface area (Å²) in [5.41, 5.74) is 3.32. The van der Waals surface area contributed by atoms with Gasteiger partial charge in [0.2, 0.25) is 0 Å². The van der Waals surface area contributed by atoms with Crippen LogP contribution in [0.2, 0.25) is 0 Å². The topological polar surface area (TPSA) is 17.8 Å². The second-order valence-corrected chi connectivity index (χ2v) is 6.80. The number of fused-ring (bicyclic) bond motifs is 1. The van der Waals surface area contributed by atoms with E-state index in [1.165, 1.54) is 25.8 Å². The van der Waals surface area contributed by atoms with E-state index >= 15 is 0 Å². The molecule has 1 aliphatic heterocycles. The number of hydrogen-bond donors (Lipinski definition) is 0. The first kappa shape index (κ1) is 16.9. The van der Waals surface area contributed by atoms with E-state index in [2.05, 4.69) is 10.8 Å². The highest BCUT2D eigenvalue weighted by Gasteiger charge is 2.32. The second-order valence-electron chi connectivity index (χ2n) is 6.80. The third-order valence-electron chi connectivity index (χ3n) is 4.95. The zero-order valence-corrected chi connectivity index (χ0v) is 14.5. The maximum absolute atomic E-state index is 12.9. The van der Waals surface area contributed by atoms with E-state index in [4.69, 9.17) is 4.98 Å². The summed E-state index contributed by atoms with van der Waals surface area (Å²) in [4.78, 5) is 4.71. The molecular weight excluding hydrogens is 337 g/mol. The van der Waals surface area contributed by atoms with E-state index in [0.717, 1.165) is 47.2 Å². The molecule has 0 atom stereocenters. The van der Waals surface area contributed by atoms with Crippen LogP contribution < -0.4 is 0 Å². The minimum atomic E-state index is -4.31. The highest BCUT2D eigenvalue weighted by molar-refractivity contribution is 5.69. The van der Waals surface area contributed by atoms with Crippen molar-refractivity contribution in [3.05, 3.63) is 65.6 Å². The van der Waals surface area contributed by atoms with Gasteiger partial charge < -0.3 is 4.57 Å². The van der Waals surface area contributed by atoms with E-state index < -0.39 is 11.7 Å². The Morgan fingerprint density at radius 2 is 1.62 bits per heavy atom. The number of halogens is 3. The van der Waals surface area contributed by atoms with Crippen molar-refractivity contribution < 1.29 is 13.2 Å². The number of rotatable bonds is 2. The van der Waals surface area contributed by atoms with Crippen LogP contribution in [0.1, 0.15) is 29.8 Å². The van der Waals surface area contributed by atoms with E-state index in [-0.39, 0.29) is 5.56 Å². The Labute approximate surface area is 150 Å². The number of alkyl halides is 3. The smallest absolute Gasteiger partial charge is 0.334 e. The van der Waals surface area contributed by atoms with Crippen molar-refractivity contribution in [1.29, 1.82) is 0 Å². The summed E-state index contributed by atoms with van der Waals surface area (Å²) in [5, 5.41) is 0. The van der Waals surface area contributed by atoms with E-state index in [9.17, 15) is 13.2 Å². The second kappa shape index (κ2) is 6.31. The molecule has 4 rings (SSSR count). The van der Waals surface area contributed by atoms with Crippen LogP contribution in [0.5, 0.6) is 0 Å².